The Morgan fingerprint density at radius 3 is 2.94 bits per heavy atom. The van der Waals surface area contributed by atoms with Crippen molar-refractivity contribution in [2.75, 3.05) is 19.7 Å². The fourth-order valence-electron chi connectivity index (χ4n) is 2.39. The third-order valence-electron chi connectivity index (χ3n) is 3.56. The summed E-state index contributed by atoms with van der Waals surface area (Å²) in [6.07, 6.45) is 2.98. The minimum Gasteiger partial charge on any atom is -0.463 e. The van der Waals surface area contributed by atoms with Gasteiger partial charge in [-0.25, -0.2) is 0 Å². The molecule has 1 atom stereocenters. The van der Waals surface area contributed by atoms with Crippen LogP contribution in [0.4, 0.5) is 0 Å². The zero-order valence-electron chi connectivity index (χ0n) is 11.0. The number of hydrogen-bond acceptors (Lipinski definition) is 4. The second-order valence-electron chi connectivity index (χ2n) is 5.44. The highest BCUT2D eigenvalue weighted by Crippen LogP contribution is 2.20. The lowest BCUT2D eigenvalue weighted by Crippen LogP contribution is -2.40. The van der Waals surface area contributed by atoms with Gasteiger partial charge >= 0.3 is 0 Å². The van der Waals surface area contributed by atoms with Crippen molar-refractivity contribution in [3.05, 3.63) is 23.7 Å². The summed E-state index contributed by atoms with van der Waals surface area (Å²) in [7, 11) is 0. The smallest absolute Gasteiger partial charge is 0.118 e. The van der Waals surface area contributed by atoms with Crippen LogP contribution in [0.5, 0.6) is 0 Å². The number of rotatable bonds is 5. The third kappa shape index (κ3) is 3.34. The average molecular weight is 250 g/mol. The van der Waals surface area contributed by atoms with E-state index in [0.29, 0.717) is 6.10 Å². The molecule has 3 rings (SSSR count). The molecule has 1 saturated heterocycles. The fourth-order valence-corrected chi connectivity index (χ4v) is 2.39. The monoisotopic (exact) mass is 250 g/mol. The van der Waals surface area contributed by atoms with Crippen LogP contribution in [0.25, 0.3) is 0 Å². The van der Waals surface area contributed by atoms with Crippen molar-refractivity contribution in [1.29, 1.82) is 0 Å². The lowest BCUT2D eigenvalue weighted by Gasteiger charge is -2.30. The van der Waals surface area contributed by atoms with Crippen molar-refractivity contribution in [2.45, 2.75) is 45.0 Å². The molecule has 0 aromatic carbocycles. The van der Waals surface area contributed by atoms with Crippen LogP contribution < -0.4 is 5.32 Å². The van der Waals surface area contributed by atoms with Gasteiger partial charge in [0.15, 0.2) is 0 Å². The second kappa shape index (κ2) is 5.43. The summed E-state index contributed by atoms with van der Waals surface area (Å²) < 4.78 is 11.4. The first kappa shape index (κ1) is 12.2. The average Bonchev–Trinajstić information content (AvgIpc) is 3.08. The van der Waals surface area contributed by atoms with Gasteiger partial charge in [0.2, 0.25) is 0 Å². The second-order valence-corrected chi connectivity index (χ2v) is 5.44. The van der Waals surface area contributed by atoms with Gasteiger partial charge in [-0.3, -0.25) is 4.90 Å². The maximum absolute atomic E-state index is 5.85. The highest BCUT2D eigenvalue weighted by Gasteiger charge is 2.21. The number of morpholine rings is 1. The van der Waals surface area contributed by atoms with Crippen molar-refractivity contribution in [2.24, 2.45) is 0 Å². The molecule has 1 aliphatic heterocycles. The summed E-state index contributed by atoms with van der Waals surface area (Å²) in [6, 6.07) is 4.93. The van der Waals surface area contributed by atoms with Gasteiger partial charge in [-0.2, -0.15) is 0 Å². The Balaban J connectivity index is 1.49. The predicted molar refractivity (Wildman–Crippen MR) is 69.3 cm³/mol. The lowest BCUT2D eigenvalue weighted by molar-refractivity contribution is -0.0231. The molecule has 2 heterocycles. The van der Waals surface area contributed by atoms with Crippen molar-refractivity contribution in [3.8, 4) is 0 Å². The first-order valence-corrected chi connectivity index (χ1v) is 6.94. The molecule has 2 fully saturated rings. The highest BCUT2D eigenvalue weighted by molar-refractivity contribution is 5.07. The molecule has 1 unspecified atom stereocenters. The standard InChI is InChI=1S/C14H22N2O2/c1-11-9-16(6-7-17-11)10-14-5-4-13(18-14)8-15-12-2-3-12/h4-5,11-12,15H,2-3,6-10H2,1H3. The summed E-state index contributed by atoms with van der Waals surface area (Å²) in [5.74, 6) is 2.12. The van der Waals surface area contributed by atoms with Crippen LogP contribution in [0.1, 0.15) is 31.3 Å². The summed E-state index contributed by atoms with van der Waals surface area (Å²) in [6.45, 7) is 6.72. The van der Waals surface area contributed by atoms with Crippen molar-refractivity contribution in [3.63, 3.8) is 0 Å². The van der Waals surface area contributed by atoms with E-state index in [2.05, 4.69) is 29.3 Å². The van der Waals surface area contributed by atoms with Gasteiger partial charge in [-0.1, -0.05) is 0 Å². The molecule has 0 amide bonds. The van der Waals surface area contributed by atoms with Crippen LogP contribution in [0.2, 0.25) is 0 Å². The highest BCUT2D eigenvalue weighted by atomic mass is 16.5. The molecule has 18 heavy (non-hydrogen) atoms. The van der Waals surface area contributed by atoms with Crippen molar-refractivity contribution in [1.82, 2.24) is 10.2 Å². The molecule has 0 radical (unpaired) electrons. The number of hydrogen-bond donors (Lipinski definition) is 1. The maximum Gasteiger partial charge on any atom is 0.118 e. The van der Waals surface area contributed by atoms with E-state index in [9.17, 15) is 0 Å². The van der Waals surface area contributed by atoms with E-state index in [4.69, 9.17) is 9.15 Å². The number of ether oxygens (including phenoxy) is 1. The lowest BCUT2D eigenvalue weighted by atomic mass is 10.3. The van der Waals surface area contributed by atoms with Gasteiger partial charge in [0.25, 0.3) is 0 Å². The molecule has 1 aliphatic carbocycles. The number of furan rings is 1. The Labute approximate surface area is 108 Å². The molecule has 1 N–H and O–H groups in total. The molecule has 0 spiro atoms. The van der Waals surface area contributed by atoms with Gasteiger partial charge in [-0.05, 0) is 31.9 Å². The summed E-state index contributed by atoms with van der Waals surface area (Å²) >= 11 is 0. The third-order valence-corrected chi connectivity index (χ3v) is 3.56. The Bertz CT molecular complexity index is 387. The van der Waals surface area contributed by atoms with Crippen LogP contribution in [-0.4, -0.2) is 36.7 Å². The van der Waals surface area contributed by atoms with Crippen molar-refractivity contribution < 1.29 is 9.15 Å². The molecule has 1 saturated carbocycles. The van der Waals surface area contributed by atoms with E-state index in [-0.39, 0.29) is 0 Å². The van der Waals surface area contributed by atoms with Crippen LogP contribution in [-0.2, 0) is 17.8 Å². The summed E-state index contributed by atoms with van der Waals surface area (Å²) in [5.41, 5.74) is 0. The first-order valence-electron chi connectivity index (χ1n) is 6.94. The largest absolute Gasteiger partial charge is 0.463 e. The van der Waals surface area contributed by atoms with Gasteiger partial charge in [0.05, 0.1) is 25.8 Å². The number of nitrogens with one attached hydrogen (secondary N) is 1. The molecule has 1 aromatic rings. The minimum absolute atomic E-state index is 0.338. The van der Waals surface area contributed by atoms with E-state index in [0.717, 1.165) is 50.3 Å². The first-order chi connectivity index (χ1) is 8.79. The Morgan fingerprint density at radius 1 is 1.33 bits per heavy atom. The van der Waals surface area contributed by atoms with Crippen molar-refractivity contribution >= 4 is 0 Å². The molecule has 100 valence electrons. The molecule has 4 nitrogen and oxygen atoms in total. The zero-order chi connectivity index (χ0) is 12.4. The van der Waals surface area contributed by atoms with Gasteiger partial charge < -0.3 is 14.5 Å². The summed E-state index contributed by atoms with van der Waals surface area (Å²) in [4.78, 5) is 2.39. The van der Waals surface area contributed by atoms with Gasteiger partial charge in [-0.15, -0.1) is 0 Å². The minimum atomic E-state index is 0.338. The maximum atomic E-state index is 5.85. The molecular weight excluding hydrogens is 228 g/mol. The van der Waals surface area contributed by atoms with E-state index in [1.807, 2.05) is 0 Å². The van der Waals surface area contributed by atoms with E-state index in [1.54, 1.807) is 0 Å². The molecular formula is C14H22N2O2. The normalized spacial score (nSPS) is 25.5. The Morgan fingerprint density at radius 2 is 2.17 bits per heavy atom. The van der Waals surface area contributed by atoms with E-state index in [1.165, 1.54) is 12.8 Å². The predicted octanol–water partition coefficient (Wildman–Crippen LogP) is 1.75. The SMILES string of the molecule is CC1CN(Cc2ccc(CNC3CC3)o2)CCO1. The van der Waals surface area contributed by atoms with Crippen LogP contribution in [0.15, 0.2) is 16.5 Å². The fraction of sp³-hybridized carbons (Fsp3) is 0.714. The number of nitrogens with zero attached hydrogens (tertiary/aromatic N) is 1. The van der Waals surface area contributed by atoms with E-state index < -0.39 is 0 Å². The zero-order valence-corrected chi connectivity index (χ0v) is 11.0. The van der Waals surface area contributed by atoms with Gasteiger partial charge in [0.1, 0.15) is 11.5 Å². The topological polar surface area (TPSA) is 37.6 Å². The molecule has 4 heteroatoms. The van der Waals surface area contributed by atoms with Gasteiger partial charge in [0, 0.05) is 19.1 Å². The van der Waals surface area contributed by atoms with Crippen LogP contribution in [0, 0.1) is 0 Å². The van der Waals surface area contributed by atoms with E-state index >= 15 is 0 Å². The molecule has 1 aromatic heterocycles. The Hall–Kier alpha value is -0.840. The van der Waals surface area contributed by atoms with Crippen LogP contribution in [0.3, 0.4) is 0 Å². The quantitative estimate of drug-likeness (QED) is 0.864. The molecule has 0 bridgehead atoms. The Kier molecular flexibility index (Phi) is 3.68. The molecule has 2 aliphatic rings. The summed E-state index contributed by atoms with van der Waals surface area (Å²) in [5, 5.41) is 3.47. The van der Waals surface area contributed by atoms with Crippen LogP contribution >= 0.6 is 0 Å².